The number of para-hydroxylation sites is 1. The molecule has 1 amide bonds. The van der Waals surface area contributed by atoms with Crippen LogP contribution in [0.2, 0.25) is 5.02 Å². The molecule has 1 unspecified atom stereocenters. The minimum atomic E-state index is -0.557. The summed E-state index contributed by atoms with van der Waals surface area (Å²) in [7, 11) is 2.00. The van der Waals surface area contributed by atoms with Gasteiger partial charge in [0.15, 0.2) is 6.10 Å². The first-order chi connectivity index (χ1) is 11.1. The molecule has 0 saturated heterocycles. The number of nitrogens with one attached hydrogen (secondary N) is 1. The van der Waals surface area contributed by atoms with Crippen molar-refractivity contribution >= 4 is 23.2 Å². The van der Waals surface area contributed by atoms with Gasteiger partial charge in [0.05, 0.1) is 0 Å². The largest absolute Gasteiger partial charge is 0.481 e. The Morgan fingerprint density at radius 3 is 2.48 bits per heavy atom. The summed E-state index contributed by atoms with van der Waals surface area (Å²) < 4.78 is 5.59. The monoisotopic (exact) mass is 332 g/mol. The average Bonchev–Trinajstić information content (AvgIpc) is 2.57. The van der Waals surface area contributed by atoms with Crippen LogP contribution < -0.4 is 15.0 Å². The Hall–Kier alpha value is -2.20. The van der Waals surface area contributed by atoms with Crippen molar-refractivity contribution in [1.29, 1.82) is 0 Å². The third kappa shape index (κ3) is 5.49. The fraction of sp³-hybridized carbons (Fsp3) is 0.278. The number of carbonyl (C=O) groups excluding carboxylic acids is 1. The standard InChI is InChI=1S/C18H21ClN2O2/c1-14(23-17-10-8-15(19)9-11-17)18(22)20-12-13-21(2)16-6-4-3-5-7-16/h3-11,14H,12-13H2,1-2H3,(H,20,22). The second-order valence-electron chi connectivity index (χ2n) is 5.26. The zero-order valence-corrected chi connectivity index (χ0v) is 14.1. The van der Waals surface area contributed by atoms with Crippen molar-refractivity contribution in [1.82, 2.24) is 5.32 Å². The quantitative estimate of drug-likeness (QED) is 0.845. The summed E-state index contributed by atoms with van der Waals surface area (Å²) >= 11 is 5.82. The molecule has 0 spiro atoms. The molecule has 1 atom stereocenters. The number of amides is 1. The third-order valence-electron chi connectivity index (χ3n) is 3.44. The summed E-state index contributed by atoms with van der Waals surface area (Å²) in [5.41, 5.74) is 1.12. The van der Waals surface area contributed by atoms with Crippen molar-refractivity contribution in [3.63, 3.8) is 0 Å². The van der Waals surface area contributed by atoms with E-state index in [9.17, 15) is 4.79 Å². The van der Waals surface area contributed by atoms with Crippen molar-refractivity contribution in [3.8, 4) is 5.75 Å². The maximum absolute atomic E-state index is 12.1. The van der Waals surface area contributed by atoms with E-state index in [-0.39, 0.29) is 5.91 Å². The van der Waals surface area contributed by atoms with Crippen molar-refractivity contribution < 1.29 is 9.53 Å². The van der Waals surface area contributed by atoms with Gasteiger partial charge in [-0.3, -0.25) is 4.79 Å². The molecule has 2 aromatic rings. The van der Waals surface area contributed by atoms with Gasteiger partial charge >= 0.3 is 0 Å². The number of ether oxygens (including phenoxy) is 1. The number of rotatable bonds is 7. The highest BCUT2D eigenvalue weighted by Crippen LogP contribution is 2.16. The van der Waals surface area contributed by atoms with E-state index >= 15 is 0 Å². The van der Waals surface area contributed by atoms with E-state index in [1.807, 2.05) is 37.4 Å². The highest BCUT2D eigenvalue weighted by atomic mass is 35.5. The van der Waals surface area contributed by atoms with Crippen LogP contribution in [0.1, 0.15) is 6.92 Å². The number of likely N-dealkylation sites (N-methyl/N-ethyl adjacent to an activating group) is 1. The molecule has 0 saturated carbocycles. The summed E-state index contributed by atoms with van der Waals surface area (Å²) in [4.78, 5) is 14.1. The molecule has 0 aliphatic carbocycles. The topological polar surface area (TPSA) is 41.6 Å². The summed E-state index contributed by atoms with van der Waals surface area (Å²) in [6.07, 6.45) is -0.557. The van der Waals surface area contributed by atoms with E-state index in [0.717, 1.165) is 12.2 Å². The Labute approximate surface area is 142 Å². The number of nitrogens with zero attached hydrogens (tertiary/aromatic N) is 1. The van der Waals surface area contributed by atoms with Crippen LogP contribution in [0.25, 0.3) is 0 Å². The van der Waals surface area contributed by atoms with Gasteiger partial charge in [0.25, 0.3) is 5.91 Å². The van der Waals surface area contributed by atoms with Crippen molar-refractivity contribution in [2.75, 3.05) is 25.0 Å². The summed E-state index contributed by atoms with van der Waals surface area (Å²) in [6.45, 7) is 3.01. The van der Waals surface area contributed by atoms with Gasteiger partial charge in [0.2, 0.25) is 0 Å². The van der Waals surface area contributed by atoms with E-state index in [4.69, 9.17) is 16.3 Å². The van der Waals surface area contributed by atoms with Gasteiger partial charge < -0.3 is 15.0 Å². The molecular formula is C18H21ClN2O2. The van der Waals surface area contributed by atoms with E-state index in [0.29, 0.717) is 17.3 Å². The van der Waals surface area contributed by atoms with E-state index in [1.54, 1.807) is 31.2 Å². The Bertz CT molecular complexity index is 617. The van der Waals surface area contributed by atoms with Crippen LogP contribution in [-0.2, 0) is 4.79 Å². The maximum Gasteiger partial charge on any atom is 0.260 e. The minimum Gasteiger partial charge on any atom is -0.481 e. The number of carbonyl (C=O) groups is 1. The zero-order chi connectivity index (χ0) is 16.7. The van der Waals surface area contributed by atoms with Gasteiger partial charge in [-0.1, -0.05) is 29.8 Å². The molecule has 1 N–H and O–H groups in total. The Kier molecular flexibility index (Phi) is 6.29. The lowest BCUT2D eigenvalue weighted by molar-refractivity contribution is -0.127. The third-order valence-corrected chi connectivity index (χ3v) is 3.69. The lowest BCUT2D eigenvalue weighted by Gasteiger charge is -2.20. The van der Waals surface area contributed by atoms with Gasteiger partial charge in [-0.15, -0.1) is 0 Å². The molecule has 0 radical (unpaired) electrons. The lowest BCUT2D eigenvalue weighted by atomic mass is 10.3. The molecule has 23 heavy (non-hydrogen) atoms. The summed E-state index contributed by atoms with van der Waals surface area (Å²) in [5, 5.41) is 3.52. The summed E-state index contributed by atoms with van der Waals surface area (Å²) in [6, 6.07) is 17.0. The number of hydrogen-bond donors (Lipinski definition) is 1. The van der Waals surface area contributed by atoms with Crippen LogP contribution >= 0.6 is 11.6 Å². The Morgan fingerprint density at radius 1 is 1.17 bits per heavy atom. The van der Waals surface area contributed by atoms with Crippen molar-refractivity contribution in [2.24, 2.45) is 0 Å². The van der Waals surface area contributed by atoms with E-state index in [2.05, 4.69) is 10.2 Å². The highest BCUT2D eigenvalue weighted by molar-refractivity contribution is 6.30. The molecule has 0 fully saturated rings. The van der Waals surface area contributed by atoms with E-state index in [1.165, 1.54) is 0 Å². The number of benzene rings is 2. The predicted molar refractivity (Wildman–Crippen MR) is 94.3 cm³/mol. The lowest BCUT2D eigenvalue weighted by Crippen LogP contribution is -2.40. The number of hydrogen-bond acceptors (Lipinski definition) is 3. The fourth-order valence-corrected chi connectivity index (χ4v) is 2.20. The molecule has 2 aromatic carbocycles. The Morgan fingerprint density at radius 2 is 1.83 bits per heavy atom. The first-order valence-electron chi connectivity index (χ1n) is 7.52. The normalized spacial score (nSPS) is 11.6. The minimum absolute atomic E-state index is 0.138. The van der Waals surface area contributed by atoms with Crippen LogP contribution in [0, 0.1) is 0 Å². The molecule has 0 aliphatic rings. The average molecular weight is 333 g/mol. The molecular weight excluding hydrogens is 312 g/mol. The van der Waals surface area contributed by atoms with Crippen LogP contribution in [0.5, 0.6) is 5.75 Å². The number of anilines is 1. The second kappa shape index (κ2) is 8.44. The first-order valence-corrected chi connectivity index (χ1v) is 7.90. The molecule has 4 nitrogen and oxygen atoms in total. The molecule has 5 heteroatoms. The summed E-state index contributed by atoms with van der Waals surface area (Å²) in [5.74, 6) is 0.486. The van der Waals surface area contributed by atoms with Crippen molar-refractivity contribution in [2.45, 2.75) is 13.0 Å². The second-order valence-corrected chi connectivity index (χ2v) is 5.70. The van der Waals surface area contributed by atoms with Crippen molar-refractivity contribution in [3.05, 3.63) is 59.6 Å². The Balaban J connectivity index is 1.74. The fourth-order valence-electron chi connectivity index (χ4n) is 2.07. The molecule has 2 rings (SSSR count). The van der Waals surface area contributed by atoms with Crippen LogP contribution in [0.4, 0.5) is 5.69 Å². The SMILES string of the molecule is CC(Oc1ccc(Cl)cc1)C(=O)NCCN(C)c1ccccc1. The van der Waals surface area contributed by atoms with Gasteiger partial charge in [0.1, 0.15) is 5.75 Å². The molecule has 122 valence electrons. The smallest absolute Gasteiger partial charge is 0.260 e. The molecule has 0 aromatic heterocycles. The predicted octanol–water partition coefficient (Wildman–Crippen LogP) is 3.36. The molecule has 0 bridgehead atoms. The van der Waals surface area contributed by atoms with Gasteiger partial charge in [-0.2, -0.15) is 0 Å². The zero-order valence-electron chi connectivity index (χ0n) is 13.3. The maximum atomic E-state index is 12.1. The number of halogens is 1. The van der Waals surface area contributed by atoms with Crippen LogP contribution in [0.3, 0.4) is 0 Å². The van der Waals surface area contributed by atoms with Gasteiger partial charge in [-0.05, 0) is 43.3 Å². The molecule has 0 aliphatic heterocycles. The van der Waals surface area contributed by atoms with Gasteiger partial charge in [0, 0.05) is 30.8 Å². The first kappa shape index (κ1) is 17.2. The van der Waals surface area contributed by atoms with Crippen LogP contribution in [-0.4, -0.2) is 32.1 Å². The molecule has 0 heterocycles. The highest BCUT2D eigenvalue weighted by Gasteiger charge is 2.14. The van der Waals surface area contributed by atoms with Crippen LogP contribution in [0.15, 0.2) is 54.6 Å². The van der Waals surface area contributed by atoms with Gasteiger partial charge in [-0.25, -0.2) is 0 Å². The van der Waals surface area contributed by atoms with E-state index < -0.39 is 6.10 Å².